The molecule has 0 heterocycles. The Morgan fingerprint density at radius 3 is 2.43 bits per heavy atom. The maximum atomic E-state index is 4.00. The normalized spacial score (nSPS) is 35.1. The molecule has 0 spiro atoms. The lowest BCUT2D eigenvalue weighted by atomic mass is 9.68. The average molecular weight is 285 g/mol. The van der Waals surface area contributed by atoms with E-state index in [4.69, 9.17) is 0 Å². The molecule has 1 aromatic rings. The standard InChI is InChI=1S/C20H31N/c1-13-7-8-16(11-14(13)2)15(3)21-18-19(4,5)17-9-10-20(18,6)12-17/h7-8,11,15,17-18,21H,9-10,12H2,1-6H3. The van der Waals surface area contributed by atoms with Crippen LogP contribution in [-0.2, 0) is 0 Å². The molecule has 3 rings (SSSR count). The Hall–Kier alpha value is -0.820. The maximum absolute atomic E-state index is 4.00. The topological polar surface area (TPSA) is 12.0 Å². The molecule has 2 bridgehead atoms. The first kappa shape index (κ1) is 15.1. The van der Waals surface area contributed by atoms with Crippen LogP contribution in [0.3, 0.4) is 0 Å². The summed E-state index contributed by atoms with van der Waals surface area (Å²) >= 11 is 0. The number of fused-ring (bicyclic) bond motifs is 2. The van der Waals surface area contributed by atoms with Crippen molar-refractivity contribution in [1.82, 2.24) is 5.32 Å². The van der Waals surface area contributed by atoms with Gasteiger partial charge in [0.25, 0.3) is 0 Å². The smallest absolute Gasteiger partial charge is 0.0294 e. The van der Waals surface area contributed by atoms with E-state index < -0.39 is 0 Å². The molecule has 0 aliphatic heterocycles. The maximum Gasteiger partial charge on any atom is 0.0294 e. The molecule has 2 fully saturated rings. The predicted molar refractivity (Wildman–Crippen MR) is 90.5 cm³/mol. The van der Waals surface area contributed by atoms with Crippen molar-refractivity contribution in [1.29, 1.82) is 0 Å². The van der Waals surface area contributed by atoms with E-state index in [9.17, 15) is 0 Å². The predicted octanol–water partition coefficient (Wildman–Crippen LogP) is 5.17. The highest BCUT2D eigenvalue weighted by atomic mass is 15.0. The summed E-state index contributed by atoms with van der Waals surface area (Å²) in [5.41, 5.74) is 5.15. The minimum atomic E-state index is 0.432. The highest BCUT2D eigenvalue weighted by Gasteiger charge is 2.59. The van der Waals surface area contributed by atoms with Crippen LogP contribution in [0.15, 0.2) is 18.2 Å². The minimum Gasteiger partial charge on any atom is -0.306 e. The van der Waals surface area contributed by atoms with E-state index in [0.717, 1.165) is 5.92 Å². The second-order valence-corrected chi connectivity index (χ2v) is 8.58. The van der Waals surface area contributed by atoms with Crippen molar-refractivity contribution in [2.75, 3.05) is 0 Å². The fourth-order valence-corrected chi connectivity index (χ4v) is 5.10. The van der Waals surface area contributed by atoms with Crippen LogP contribution in [-0.4, -0.2) is 6.04 Å². The zero-order chi connectivity index (χ0) is 15.4. The minimum absolute atomic E-state index is 0.432. The Labute approximate surface area is 130 Å². The van der Waals surface area contributed by atoms with Gasteiger partial charge in [-0.1, -0.05) is 39.0 Å². The van der Waals surface area contributed by atoms with Crippen LogP contribution in [0.25, 0.3) is 0 Å². The van der Waals surface area contributed by atoms with Gasteiger partial charge in [-0.05, 0) is 73.5 Å². The van der Waals surface area contributed by atoms with Gasteiger partial charge in [-0.25, -0.2) is 0 Å². The van der Waals surface area contributed by atoms with E-state index >= 15 is 0 Å². The highest BCUT2D eigenvalue weighted by Crippen LogP contribution is 2.62. The van der Waals surface area contributed by atoms with E-state index in [1.807, 2.05) is 0 Å². The zero-order valence-corrected chi connectivity index (χ0v) is 14.6. The third-order valence-corrected chi connectivity index (χ3v) is 6.72. The molecule has 116 valence electrons. The number of aryl methyl sites for hydroxylation is 2. The Morgan fingerprint density at radius 1 is 1.14 bits per heavy atom. The Bertz CT molecular complexity index is 540. The van der Waals surface area contributed by atoms with Gasteiger partial charge in [-0.15, -0.1) is 0 Å². The number of hydrogen-bond acceptors (Lipinski definition) is 1. The molecule has 1 aromatic carbocycles. The van der Waals surface area contributed by atoms with Gasteiger partial charge in [-0.2, -0.15) is 0 Å². The summed E-state index contributed by atoms with van der Waals surface area (Å²) in [7, 11) is 0. The van der Waals surface area contributed by atoms with Crippen molar-refractivity contribution in [2.24, 2.45) is 16.7 Å². The molecular formula is C20H31N. The molecule has 1 nitrogen and oxygen atoms in total. The van der Waals surface area contributed by atoms with Gasteiger partial charge in [0.05, 0.1) is 0 Å². The van der Waals surface area contributed by atoms with Crippen LogP contribution in [0.4, 0.5) is 0 Å². The lowest BCUT2D eigenvalue weighted by molar-refractivity contribution is 0.100. The summed E-state index contributed by atoms with van der Waals surface area (Å²) in [4.78, 5) is 0. The zero-order valence-electron chi connectivity index (χ0n) is 14.6. The molecule has 2 aliphatic carbocycles. The van der Waals surface area contributed by atoms with Crippen molar-refractivity contribution in [3.05, 3.63) is 34.9 Å². The monoisotopic (exact) mass is 285 g/mol. The molecule has 21 heavy (non-hydrogen) atoms. The molecule has 0 aromatic heterocycles. The fourth-order valence-electron chi connectivity index (χ4n) is 5.10. The van der Waals surface area contributed by atoms with Gasteiger partial charge in [0.15, 0.2) is 0 Å². The number of benzene rings is 1. The summed E-state index contributed by atoms with van der Waals surface area (Å²) in [6, 6.07) is 7.99. The van der Waals surface area contributed by atoms with Crippen LogP contribution in [0.5, 0.6) is 0 Å². The fraction of sp³-hybridized carbons (Fsp3) is 0.700. The SMILES string of the molecule is Cc1ccc(C(C)NC2C3(C)CCC(C3)C2(C)C)cc1C. The molecule has 0 radical (unpaired) electrons. The lowest BCUT2D eigenvalue weighted by Crippen LogP contribution is -2.50. The average Bonchev–Trinajstić information content (AvgIpc) is 2.89. The summed E-state index contributed by atoms with van der Waals surface area (Å²) in [5.74, 6) is 0.909. The summed E-state index contributed by atoms with van der Waals surface area (Å²) in [5, 5.41) is 4.00. The van der Waals surface area contributed by atoms with Gasteiger partial charge in [0.1, 0.15) is 0 Å². The van der Waals surface area contributed by atoms with Crippen LogP contribution in [0.1, 0.15) is 69.7 Å². The van der Waals surface area contributed by atoms with Crippen molar-refractivity contribution in [2.45, 2.75) is 72.9 Å². The van der Waals surface area contributed by atoms with Crippen LogP contribution in [0.2, 0.25) is 0 Å². The molecule has 0 saturated heterocycles. The summed E-state index contributed by atoms with van der Waals surface area (Å²) in [6.45, 7) is 14.2. The highest BCUT2D eigenvalue weighted by molar-refractivity contribution is 5.31. The van der Waals surface area contributed by atoms with Crippen molar-refractivity contribution in [3.63, 3.8) is 0 Å². The van der Waals surface area contributed by atoms with Crippen LogP contribution < -0.4 is 5.32 Å². The van der Waals surface area contributed by atoms with Gasteiger partial charge in [0, 0.05) is 12.1 Å². The molecule has 1 N–H and O–H groups in total. The first-order chi connectivity index (χ1) is 9.74. The quantitative estimate of drug-likeness (QED) is 0.808. The first-order valence-corrected chi connectivity index (χ1v) is 8.57. The summed E-state index contributed by atoms with van der Waals surface area (Å²) in [6.07, 6.45) is 4.25. The molecule has 4 atom stereocenters. The molecule has 2 saturated carbocycles. The van der Waals surface area contributed by atoms with E-state index in [-0.39, 0.29) is 0 Å². The van der Waals surface area contributed by atoms with Crippen molar-refractivity contribution < 1.29 is 0 Å². The second kappa shape index (κ2) is 4.84. The number of nitrogens with one attached hydrogen (secondary N) is 1. The molecule has 0 amide bonds. The van der Waals surface area contributed by atoms with Crippen LogP contribution in [0, 0.1) is 30.6 Å². The largest absolute Gasteiger partial charge is 0.306 e. The Balaban J connectivity index is 1.81. The second-order valence-electron chi connectivity index (χ2n) is 8.58. The lowest BCUT2D eigenvalue weighted by Gasteiger charge is -2.44. The Kier molecular flexibility index (Phi) is 3.48. The van der Waals surface area contributed by atoms with Crippen molar-refractivity contribution >= 4 is 0 Å². The number of rotatable bonds is 3. The molecule has 1 heteroatoms. The third-order valence-electron chi connectivity index (χ3n) is 6.72. The first-order valence-electron chi connectivity index (χ1n) is 8.57. The molecule has 4 unspecified atom stereocenters. The van der Waals surface area contributed by atoms with Gasteiger partial charge >= 0.3 is 0 Å². The number of hydrogen-bond donors (Lipinski definition) is 1. The third kappa shape index (κ3) is 2.34. The van der Waals surface area contributed by atoms with E-state index in [1.54, 1.807) is 0 Å². The van der Waals surface area contributed by atoms with Gasteiger partial charge in [-0.3, -0.25) is 0 Å². The van der Waals surface area contributed by atoms with E-state index in [0.29, 0.717) is 22.9 Å². The van der Waals surface area contributed by atoms with Crippen LogP contribution >= 0.6 is 0 Å². The van der Waals surface area contributed by atoms with Gasteiger partial charge in [0.2, 0.25) is 0 Å². The van der Waals surface area contributed by atoms with E-state index in [1.165, 1.54) is 36.0 Å². The molecule has 2 aliphatic rings. The van der Waals surface area contributed by atoms with E-state index in [2.05, 4.69) is 65.1 Å². The summed E-state index contributed by atoms with van der Waals surface area (Å²) < 4.78 is 0. The van der Waals surface area contributed by atoms with Crippen molar-refractivity contribution in [3.8, 4) is 0 Å². The van der Waals surface area contributed by atoms with Gasteiger partial charge < -0.3 is 5.32 Å². The Morgan fingerprint density at radius 2 is 1.86 bits per heavy atom. The molecular weight excluding hydrogens is 254 g/mol.